The Balaban J connectivity index is 2.06. The quantitative estimate of drug-likeness (QED) is 0.669. The van der Waals surface area contributed by atoms with E-state index in [4.69, 9.17) is 0 Å². The molecule has 1 unspecified atom stereocenters. The van der Waals surface area contributed by atoms with Gasteiger partial charge in [-0.25, -0.2) is 0 Å². The van der Waals surface area contributed by atoms with Crippen LogP contribution in [0.2, 0.25) is 0 Å². The van der Waals surface area contributed by atoms with Crippen LogP contribution in [0.4, 0.5) is 5.69 Å². The molecule has 1 aromatic carbocycles. The van der Waals surface area contributed by atoms with E-state index in [1.54, 1.807) is 18.5 Å². The number of hydrogen-bond acceptors (Lipinski definition) is 4. The molecule has 20 heavy (non-hydrogen) atoms. The zero-order chi connectivity index (χ0) is 14.5. The molecule has 0 fully saturated rings. The molecule has 6 heteroatoms. The number of benzene rings is 1. The fraction of sp³-hybridized carbons (Fsp3) is 0.214. The molecule has 0 aliphatic heterocycles. The number of nitro groups is 1. The van der Waals surface area contributed by atoms with Crippen LogP contribution in [0.1, 0.15) is 24.1 Å². The number of nitro benzene ring substituents is 1. The van der Waals surface area contributed by atoms with Gasteiger partial charge in [0.2, 0.25) is 0 Å². The Hall–Kier alpha value is -1.79. The molecule has 0 saturated heterocycles. The van der Waals surface area contributed by atoms with Gasteiger partial charge in [0.1, 0.15) is 0 Å². The van der Waals surface area contributed by atoms with Crippen molar-refractivity contribution < 1.29 is 4.92 Å². The number of halogens is 1. The Labute approximate surface area is 125 Å². The fourth-order valence-electron chi connectivity index (χ4n) is 1.86. The average Bonchev–Trinajstić information content (AvgIpc) is 2.45. The predicted molar refractivity (Wildman–Crippen MR) is 80.3 cm³/mol. The molecule has 0 radical (unpaired) electrons. The zero-order valence-corrected chi connectivity index (χ0v) is 12.5. The first kappa shape index (κ1) is 14.6. The van der Waals surface area contributed by atoms with Gasteiger partial charge < -0.3 is 5.32 Å². The molecule has 5 nitrogen and oxygen atoms in total. The van der Waals surface area contributed by atoms with E-state index in [1.807, 2.05) is 25.1 Å². The number of nitrogens with one attached hydrogen (secondary N) is 1. The van der Waals surface area contributed by atoms with E-state index in [0.29, 0.717) is 11.0 Å². The molecule has 2 aromatic rings. The molecule has 0 aliphatic carbocycles. The third-order valence-electron chi connectivity index (χ3n) is 2.95. The smallest absolute Gasteiger partial charge is 0.270 e. The first-order valence-corrected chi connectivity index (χ1v) is 6.93. The SMILES string of the molecule is CC(NCc1cc(Br)cc([N+](=O)[O-])c1)c1cccnc1. The van der Waals surface area contributed by atoms with E-state index in [9.17, 15) is 10.1 Å². The summed E-state index contributed by atoms with van der Waals surface area (Å²) in [6.07, 6.45) is 3.54. The second kappa shape index (κ2) is 6.58. The summed E-state index contributed by atoms with van der Waals surface area (Å²) in [5.41, 5.74) is 2.03. The highest BCUT2D eigenvalue weighted by atomic mass is 79.9. The van der Waals surface area contributed by atoms with Gasteiger partial charge in [0.15, 0.2) is 0 Å². The van der Waals surface area contributed by atoms with Crippen LogP contribution in [-0.2, 0) is 6.54 Å². The summed E-state index contributed by atoms with van der Waals surface area (Å²) >= 11 is 3.29. The Kier molecular flexibility index (Phi) is 4.81. The first-order chi connectivity index (χ1) is 9.56. The number of non-ortho nitro benzene ring substituents is 1. The Morgan fingerprint density at radius 3 is 2.90 bits per heavy atom. The van der Waals surface area contributed by atoms with Gasteiger partial charge in [0.25, 0.3) is 5.69 Å². The van der Waals surface area contributed by atoms with E-state index < -0.39 is 4.92 Å². The van der Waals surface area contributed by atoms with E-state index >= 15 is 0 Å². The summed E-state index contributed by atoms with van der Waals surface area (Å²) in [7, 11) is 0. The van der Waals surface area contributed by atoms with E-state index in [1.165, 1.54) is 6.07 Å². The van der Waals surface area contributed by atoms with Gasteiger partial charge in [0.05, 0.1) is 4.92 Å². The van der Waals surface area contributed by atoms with Crippen LogP contribution >= 0.6 is 15.9 Å². The summed E-state index contributed by atoms with van der Waals surface area (Å²) in [5.74, 6) is 0. The number of nitrogens with zero attached hydrogens (tertiary/aromatic N) is 2. The van der Waals surface area contributed by atoms with Gasteiger partial charge in [-0.05, 0) is 30.2 Å². The van der Waals surface area contributed by atoms with Crippen LogP contribution in [0.15, 0.2) is 47.2 Å². The van der Waals surface area contributed by atoms with Crippen LogP contribution in [0, 0.1) is 10.1 Å². The van der Waals surface area contributed by atoms with Crippen molar-refractivity contribution in [2.45, 2.75) is 19.5 Å². The van der Waals surface area contributed by atoms with Crippen molar-refractivity contribution in [1.29, 1.82) is 0 Å². The van der Waals surface area contributed by atoms with E-state index in [-0.39, 0.29) is 11.7 Å². The molecule has 0 amide bonds. The van der Waals surface area contributed by atoms with Gasteiger partial charge in [-0.1, -0.05) is 22.0 Å². The lowest BCUT2D eigenvalue weighted by molar-refractivity contribution is -0.385. The lowest BCUT2D eigenvalue weighted by Gasteiger charge is -2.13. The average molecular weight is 336 g/mol. The van der Waals surface area contributed by atoms with Crippen molar-refractivity contribution in [3.05, 3.63) is 68.4 Å². The number of pyridine rings is 1. The van der Waals surface area contributed by atoms with E-state index in [0.717, 1.165) is 11.1 Å². The highest BCUT2D eigenvalue weighted by molar-refractivity contribution is 9.10. The molecule has 1 atom stereocenters. The van der Waals surface area contributed by atoms with Crippen LogP contribution < -0.4 is 5.32 Å². The summed E-state index contributed by atoms with van der Waals surface area (Å²) in [5, 5.41) is 14.1. The standard InChI is InChI=1S/C14H14BrN3O2/c1-10(12-3-2-4-16-9-12)17-8-11-5-13(15)7-14(6-11)18(19)20/h2-7,9-10,17H,8H2,1H3. The minimum absolute atomic E-state index is 0.0882. The summed E-state index contributed by atoms with van der Waals surface area (Å²) in [6.45, 7) is 2.58. The van der Waals surface area contributed by atoms with Crippen LogP contribution in [0.3, 0.4) is 0 Å². The lowest BCUT2D eigenvalue weighted by Crippen LogP contribution is -2.18. The highest BCUT2D eigenvalue weighted by Crippen LogP contribution is 2.22. The topological polar surface area (TPSA) is 68.1 Å². The van der Waals surface area contributed by atoms with Crippen molar-refractivity contribution in [2.75, 3.05) is 0 Å². The van der Waals surface area contributed by atoms with Gasteiger partial charge in [-0.2, -0.15) is 0 Å². The molecule has 1 heterocycles. The van der Waals surface area contributed by atoms with Crippen LogP contribution in [-0.4, -0.2) is 9.91 Å². The minimum Gasteiger partial charge on any atom is -0.306 e. The normalized spacial score (nSPS) is 12.1. The molecule has 0 saturated carbocycles. The van der Waals surface area contributed by atoms with Crippen molar-refractivity contribution >= 4 is 21.6 Å². The minimum atomic E-state index is -0.390. The molecule has 1 aromatic heterocycles. The number of aromatic nitrogens is 1. The van der Waals surface area contributed by atoms with E-state index in [2.05, 4.69) is 26.2 Å². The highest BCUT2D eigenvalue weighted by Gasteiger charge is 2.10. The molecular formula is C14H14BrN3O2. The fourth-order valence-corrected chi connectivity index (χ4v) is 2.39. The third-order valence-corrected chi connectivity index (χ3v) is 3.41. The molecular weight excluding hydrogens is 322 g/mol. The number of hydrogen-bond donors (Lipinski definition) is 1. The first-order valence-electron chi connectivity index (χ1n) is 6.13. The van der Waals surface area contributed by atoms with Gasteiger partial charge in [0, 0.05) is 41.6 Å². The molecule has 1 N–H and O–H groups in total. The van der Waals surface area contributed by atoms with Crippen LogP contribution in [0.5, 0.6) is 0 Å². The summed E-state index contributed by atoms with van der Waals surface area (Å²) < 4.78 is 0.706. The molecule has 0 bridgehead atoms. The Morgan fingerprint density at radius 2 is 2.25 bits per heavy atom. The molecule has 2 rings (SSSR count). The predicted octanol–water partition coefficient (Wildman–Crippen LogP) is 3.60. The summed E-state index contributed by atoms with van der Waals surface area (Å²) in [6, 6.07) is 8.95. The van der Waals surface area contributed by atoms with Crippen molar-refractivity contribution in [2.24, 2.45) is 0 Å². The Morgan fingerprint density at radius 1 is 1.45 bits per heavy atom. The van der Waals surface area contributed by atoms with Crippen molar-refractivity contribution in [3.63, 3.8) is 0 Å². The van der Waals surface area contributed by atoms with Gasteiger partial charge in [-0.15, -0.1) is 0 Å². The molecule has 104 valence electrons. The lowest BCUT2D eigenvalue weighted by atomic mass is 10.1. The molecule has 0 spiro atoms. The van der Waals surface area contributed by atoms with Crippen molar-refractivity contribution in [3.8, 4) is 0 Å². The second-order valence-corrected chi connectivity index (χ2v) is 5.38. The summed E-state index contributed by atoms with van der Waals surface area (Å²) in [4.78, 5) is 14.5. The Bertz CT molecular complexity index is 605. The zero-order valence-electron chi connectivity index (χ0n) is 10.9. The second-order valence-electron chi connectivity index (χ2n) is 4.46. The van der Waals surface area contributed by atoms with Gasteiger partial charge >= 0.3 is 0 Å². The van der Waals surface area contributed by atoms with Crippen molar-refractivity contribution in [1.82, 2.24) is 10.3 Å². The van der Waals surface area contributed by atoms with Crippen LogP contribution in [0.25, 0.3) is 0 Å². The monoisotopic (exact) mass is 335 g/mol. The van der Waals surface area contributed by atoms with Gasteiger partial charge in [-0.3, -0.25) is 15.1 Å². The third kappa shape index (κ3) is 3.85. The number of rotatable bonds is 5. The maximum atomic E-state index is 10.8. The largest absolute Gasteiger partial charge is 0.306 e. The maximum Gasteiger partial charge on any atom is 0.270 e. The molecule has 0 aliphatic rings. The maximum absolute atomic E-state index is 10.8.